The van der Waals surface area contributed by atoms with Gasteiger partial charge in [0.15, 0.2) is 5.82 Å². The van der Waals surface area contributed by atoms with E-state index in [1.807, 2.05) is 48.0 Å². The van der Waals surface area contributed by atoms with Crippen molar-refractivity contribution in [2.75, 3.05) is 17.9 Å². The van der Waals surface area contributed by atoms with Gasteiger partial charge in [-0.05, 0) is 29.8 Å². The molecule has 1 aliphatic rings. The molecule has 2 N–H and O–H groups in total. The van der Waals surface area contributed by atoms with Gasteiger partial charge in [-0.15, -0.1) is 10.2 Å². The number of carbonyl (C=O) groups excluding carboxylic acids is 1. The number of aromatic nitrogens is 3. The lowest BCUT2D eigenvalue weighted by atomic mass is 10.0. The lowest BCUT2D eigenvalue weighted by molar-refractivity contribution is -0.116. The highest BCUT2D eigenvalue weighted by Crippen LogP contribution is 2.38. The van der Waals surface area contributed by atoms with E-state index in [1.165, 1.54) is 11.8 Å². The van der Waals surface area contributed by atoms with Gasteiger partial charge in [0.2, 0.25) is 11.1 Å². The van der Waals surface area contributed by atoms with Crippen LogP contribution in [0.25, 0.3) is 0 Å². The molecule has 0 saturated carbocycles. The average molecular weight is 430 g/mol. The average Bonchev–Trinajstić information content (AvgIpc) is 3.16. The highest BCUT2D eigenvalue weighted by atomic mass is 35.5. The standard InChI is InChI=1S/C20H20ClN5O2S/c1-3-16-23-24-20-26(16)25-17(12-8-10-13(28-2)11-9-12)18(29-20)19(27)22-15-7-5-4-6-14(15)21/h4-11,17-18,25H,3H2,1-2H3,(H,22,27)/t17-,18+/m1/s1. The van der Waals surface area contributed by atoms with Crippen molar-refractivity contribution < 1.29 is 9.53 Å². The zero-order valence-electron chi connectivity index (χ0n) is 15.9. The normalized spacial score (nSPS) is 17.9. The monoisotopic (exact) mass is 429 g/mol. The van der Waals surface area contributed by atoms with Crippen molar-refractivity contribution in [3.8, 4) is 5.75 Å². The van der Waals surface area contributed by atoms with E-state index < -0.39 is 5.25 Å². The molecule has 1 aliphatic heterocycles. The minimum atomic E-state index is -0.471. The molecule has 0 unspecified atom stereocenters. The maximum atomic E-state index is 13.2. The molecule has 3 aromatic rings. The lowest BCUT2D eigenvalue weighted by Crippen LogP contribution is -2.41. The van der Waals surface area contributed by atoms with Crippen molar-refractivity contribution in [1.29, 1.82) is 0 Å². The second-order valence-electron chi connectivity index (χ2n) is 6.48. The van der Waals surface area contributed by atoms with Crippen LogP contribution in [-0.4, -0.2) is 33.1 Å². The number of benzene rings is 2. The first kappa shape index (κ1) is 19.6. The van der Waals surface area contributed by atoms with Gasteiger partial charge in [0.05, 0.1) is 23.9 Å². The van der Waals surface area contributed by atoms with Crippen LogP contribution in [0.3, 0.4) is 0 Å². The number of carbonyl (C=O) groups is 1. The number of amides is 1. The molecule has 1 aromatic heterocycles. The Morgan fingerprint density at radius 1 is 1.24 bits per heavy atom. The van der Waals surface area contributed by atoms with Crippen LogP contribution in [0.5, 0.6) is 5.75 Å². The first-order valence-electron chi connectivity index (χ1n) is 9.17. The Bertz CT molecular complexity index is 1020. The second kappa shape index (κ2) is 8.34. The molecule has 0 bridgehead atoms. The fourth-order valence-corrected chi connectivity index (χ4v) is 4.44. The number of methoxy groups -OCH3 is 1. The maximum Gasteiger partial charge on any atom is 0.240 e. The molecule has 4 rings (SSSR count). The van der Waals surface area contributed by atoms with E-state index in [0.29, 0.717) is 15.9 Å². The molecule has 7 nitrogen and oxygen atoms in total. The van der Waals surface area contributed by atoms with Crippen LogP contribution >= 0.6 is 23.4 Å². The van der Waals surface area contributed by atoms with Crippen molar-refractivity contribution >= 4 is 35.0 Å². The first-order chi connectivity index (χ1) is 14.1. The fraction of sp³-hybridized carbons (Fsp3) is 0.250. The summed E-state index contributed by atoms with van der Waals surface area (Å²) in [6.07, 6.45) is 0.729. The summed E-state index contributed by atoms with van der Waals surface area (Å²) >= 11 is 7.60. The topological polar surface area (TPSA) is 81.1 Å². The third-order valence-electron chi connectivity index (χ3n) is 4.68. The predicted molar refractivity (Wildman–Crippen MR) is 114 cm³/mol. The Kier molecular flexibility index (Phi) is 5.64. The van der Waals surface area contributed by atoms with E-state index in [4.69, 9.17) is 16.3 Å². The molecular formula is C20H20ClN5O2S. The number of fused-ring (bicyclic) bond motifs is 1. The molecule has 150 valence electrons. The molecule has 2 heterocycles. The van der Waals surface area contributed by atoms with E-state index in [0.717, 1.165) is 23.6 Å². The molecule has 0 fully saturated rings. The largest absolute Gasteiger partial charge is 0.497 e. The summed E-state index contributed by atoms with van der Waals surface area (Å²) in [4.78, 5) is 13.2. The number of anilines is 1. The molecule has 9 heteroatoms. The van der Waals surface area contributed by atoms with Crippen LogP contribution in [-0.2, 0) is 11.2 Å². The summed E-state index contributed by atoms with van der Waals surface area (Å²) in [6.45, 7) is 2.02. The number of aryl methyl sites for hydroxylation is 1. The van der Waals surface area contributed by atoms with E-state index >= 15 is 0 Å². The highest BCUT2D eigenvalue weighted by Gasteiger charge is 2.37. The number of rotatable bonds is 5. The third kappa shape index (κ3) is 3.90. The molecule has 1 amide bonds. The number of hydrogen-bond acceptors (Lipinski definition) is 6. The zero-order valence-corrected chi connectivity index (χ0v) is 17.5. The van der Waals surface area contributed by atoms with Gasteiger partial charge in [-0.2, -0.15) is 0 Å². The number of halogens is 1. The van der Waals surface area contributed by atoms with Crippen molar-refractivity contribution in [2.45, 2.75) is 29.8 Å². The van der Waals surface area contributed by atoms with Gasteiger partial charge in [0, 0.05) is 6.42 Å². The highest BCUT2D eigenvalue weighted by molar-refractivity contribution is 8.00. The van der Waals surface area contributed by atoms with Gasteiger partial charge < -0.3 is 15.5 Å². The van der Waals surface area contributed by atoms with Crippen molar-refractivity contribution in [3.05, 3.63) is 64.9 Å². The van der Waals surface area contributed by atoms with Crippen LogP contribution in [0, 0.1) is 0 Å². The van der Waals surface area contributed by atoms with E-state index in [1.54, 1.807) is 19.2 Å². The van der Waals surface area contributed by atoms with Crippen molar-refractivity contribution in [3.63, 3.8) is 0 Å². The van der Waals surface area contributed by atoms with Gasteiger partial charge in [-0.3, -0.25) is 4.79 Å². The minimum absolute atomic E-state index is 0.163. The number of ether oxygens (including phenoxy) is 1. The number of nitrogens with zero attached hydrogens (tertiary/aromatic N) is 3. The van der Waals surface area contributed by atoms with Crippen molar-refractivity contribution in [1.82, 2.24) is 14.9 Å². The Morgan fingerprint density at radius 3 is 2.69 bits per heavy atom. The smallest absolute Gasteiger partial charge is 0.240 e. The Morgan fingerprint density at radius 2 is 2.00 bits per heavy atom. The molecule has 0 aliphatic carbocycles. The quantitative estimate of drug-likeness (QED) is 0.640. The number of para-hydroxylation sites is 1. The molecule has 0 spiro atoms. The SMILES string of the molecule is CCc1nnc2n1N[C@H](c1ccc(OC)cc1)[C@@H](C(=O)Nc1ccccc1Cl)S2. The zero-order chi connectivity index (χ0) is 20.4. The number of thioether (sulfide) groups is 1. The molecule has 0 saturated heterocycles. The summed E-state index contributed by atoms with van der Waals surface area (Å²) in [5, 5.41) is 12.1. The lowest BCUT2D eigenvalue weighted by Gasteiger charge is -2.33. The molecule has 29 heavy (non-hydrogen) atoms. The Labute approximate surface area is 177 Å². The van der Waals surface area contributed by atoms with Gasteiger partial charge in [-0.25, -0.2) is 4.68 Å². The molecular weight excluding hydrogens is 410 g/mol. The number of nitrogens with one attached hydrogen (secondary N) is 2. The van der Waals surface area contributed by atoms with Crippen LogP contribution in [0.4, 0.5) is 5.69 Å². The van der Waals surface area contributed by atoms with Crippen LogP contribution in [0.1, 0.15) is 24.4 Å². The van der Waals surface area contributed by atoms with Gasteiger partial charge in [0.25, 0.3) is 0 Å². The Hall–Kier alpha value is -2.71. The number of hydrogen-bond donors (Lipinski definition) is 2. The van der Waals surface area contributed by atoms with Gasteiger partial charge >= 0.3 is 0 Å². The molecule has 0 radical (unpaired) electrons. The van der Waals surface area contributed by atoms with E-state index in [2.05, 4.69) is 20.9 Å². The summed E-state index contributed by atoms with van der Waals surface area (Å²) in [7, 11) is 1.63. The van der Waals surface area contributed by atoms with Crippen LogP contribution < -0.4 is 15.5 Å². The predicted octanol–water partition coefficient (Wildman–Crippen LogP) is 3.90. The fourth-order valence-electron chi connectivity index (χ4n) is 3.16. The van der Waals surface area contributed by atoms with Gasteiger partial charge in [0.1, 0.15) is 11.0 Å². The van der Waals surface area contributed by atoms with Crippen LogP contribution in [0.2, 0.25) is 5.02 Å². The summed E-state index contributed by atoms with van der Waals surface area (Å²) in [6, 6.07) is 14.6. The molecule has 2 aromatic carbocycles. The maximum absolute atomic E-state index is 13.2. The van der Waals surface area contributed by atoms with Gasteiger partial charge in [-0.1, -0.05) is 54.6 Å². The molecule has 2 atom stereocenters. The minimum Gasteiger partial charge on any atom is -0.497 e. The first-order valence-corrected chi connectivity index (χ1v) is 10.4. The Balaban J connectivity index is 1.68. The summed E-state index contributed by atoms with van der Waals surface area (Å²) in [5.74, 6) is 1.41. The van der Waals surface area contributed by atoms with E-state index in [-0.39, 0.29) is 11.9 Å². The van der Waals surface area contributed by atoms with E-state index in [9.17, 15) is 4.79 Å². The summed E-state index contributed by atoms with van der Waals surface area (Å²) in [5.41, 5.74) is 4.95. The van der Waals surface area contributed by atoms with Crippen LogP contribution in [0.15, 0.2) is 53.7 Å². The third-order valence-corrected chi connectivity index (χ3v) is 6.23. The second-order valence-corrected chi connectivity index (χ2v) is 7.99. The van der Waals surface area contributed by atoms with Crippen molar-refractivity contribution in [2.24, 2.45) is 0 Å². The summed E-state index contributed by atoms with van der Waals surface area (Å²) < 4.78 is 7.12.